The van der Waals surface area contributed by atoms with Crippen LogP contribution in [0.4, 0.5) is 11.4 Å². The quantitative estimate of drug-likeness (QED) is 0.664. The summed E-state index contributed by atoms with van der Waals surface area (Å²) in [5.41, 5.74) is 0.0304. The lowest BCUT2D eigenvalue weighted by molar-refractivity contribution is -0.384. The van der Waals surface area contributed by atoms with Gasteiger partial charge in [0.2, 0.25) is 0 Å². The van der Waals surface area contributed by atoms with Crippen LogP contribution < -0.4 is 4.72 Å². The molecule has 0 aliphatic heterocycles. The van der Waals surface area contributed by atoms with Gasteiger partial charge in [0.25, 0.3) is 15.7 Å². The Balaban J connectivity index is 2.27. The van der Waals surface area contributed by atoms with E-state index in [-0.39, 0.29) is 16.3 Å². The number of sulfonamides is 1. The smallest absolute Gasteiger partial charge is 0.269 e. The van der Waals surface area contributed by atoms with Crippen molar-refractivity contribution in [3.63, 3.8) is 0 Å². The molecule has 0 spiro atoms. The molecule has 0 bridgehead atoms. The van der Waals surface area contributed by atoms with E-state index in [1.165, 1.54) is 18.7 Å². The van der Waals surface area contributed by atoms with Gasteiger partial charge in [0, 0.05) is 12.1 Å². The summed E-state index contributed by atoms with van der Waals surface area (Å²) in [6, 6.07) is 4.56. The van der Waals surface area contributed by atoms with Gasteiger partial charge in [0.1, 0.15) is 6.33 Å². The summed E-state index contributed by atoms with van der Waals surface area (Å²) in [4.78, 5) is 17.1. The maximum absolute atomic E-state index is 11.9. The molecule has 1 N–H and O–H groups in total. The van der Waals surface area contributed by atoms with E-state index in [1.54, 1.807) is 0 Å². The number of hydrogen-bond donors (Lipinski definition) is 1. The third kappa shape index (κ3) is 3.01. The highest BCUT2D eigenvalue weighted by Gasteiger charge is 2.16. The summed E-state index contributed by atoms with van der Waals surface area (Å²) in [6.07, 6.45) is 3.87. The molecule has 19 heavy (non-hydrogen) atoms. The summed E-state index contributed by atoms with van der Waals surface area (Å²) in [5, 5.41) is 10.5. The van der Waals surface area contributed by atoms with Gasteiger partial charge in [-0.05, 0) is 12.1 Å². The molecule has 9 heteroatoms. The van der Waals surface area contributed by atoms with Gasteiger partial charge in [-0.2, -0.15) is 0 Å². The number of aromatic nitrogens is 2. The highest BCUT2D eigenvalue weighted by molar-refractivity contribution is 7.92. The van der Waals surface area contributed by atoms with Crippen molar-refractivity contribution in [1.82, 2.24) is 9.97 Å². The maximum atomic E-state index is 11.9. The average molecular weight is 280 g/mol. The molecule has 0 saturated carbocycles. The molecule has 8 nitrogen and oxygen atoms in total. The van der Waals surface area contributed by atoms with Gasteiger partial charge in [-0.3, -0.25) is 14.8 Å². The van der Waals surface area contributed by atoms with Gasteiger partial charge >= 0.3 is 0 Å². The molecule has 0 aliphatic rings. The Kier molecular flexibility index (Phi) is 3.38. The predicted octanol–water partition coefficient (Wildman–Crippen LogP) is 1.19. The largest absolute Gasteiger partial charge is 0.276 e. The lowest BCUT2D eigenvalue weighted by Crippen LogP contribution is -2.13. The van der Waals surface area contributed by atoms with Gasteiger partial charge in [-0.25, -0.2) is 18.4 Å². The number of benzene rings is 1. The van der Waals surface area contributed by atoms with Crippen molar-refractivity contribution in [3.05, 3.63) is 53.1 Å². The van der Waals surface area contributed by atoms with Crippen LogP contribution in [-0.2, 0) is 10.0 Å². The van der Waals surface area contributed by atoms with E-state index >= 15 is 0 Å². The number of anilines is 1. The summed E-state index contributed by atoms with van der Waals surface area (Å²) < 4.78 is 26.2. The van der Waals surface area contributed by atoms with Crippen LogP contribution in [-0.4, -0.2) is 23.3 Å². The fourth-order valence-corrected chi connectivity index (χ4v) is 2.34. The number of nitrogens with zero attached hydrogens (tertiary/aromatic N) is 3. The Morgan fingerprint density at radius 3 is 2.21 bits per heavy atom. The van der Waals surface area contributed by atoms with Crippen molar-refractivity contribution in [2.75, 3.05) is 4.72 Å². The van der Waals surface area contributed by atoms with Crippen molar-refractivity contribution >= 4 is 21.4 Å². The highest BCUT2D eigenvalue weighted by atomic mass is 32.2. The van der Waals surface area contributed by atoms with Crippen LogP contribution >= 0.6 is 0 Å². The van der Waals surface area contributed by atoms with Crippen molar-refractivity contribution in [2.45, 2.75) is 4.90 Å². The molecule has 0 radical (unpaired) electrons. The van der Waals surface area contributed by atoms with E-state index in [0.29, 0.717) is 0 Å². The number of nitro benzene ring substituents is 1. The molecule has 1 aromatic carbocycles. The Morgan fingerprint density at radius 2 is 1.68 bits per heavy atom. The van der Waals surface area contributed by atoms with Crippen molar-refractivity contribution in [1.29, 1.82) is 0 Å². The Morgan fingerprint density at radius 1 is 1.11 bits per heavy atom. The molecule has 0 unspecified atom stereocenters. The second-order valence-electron chi connectivity index (χ2n) is 3.48. The zero-order valence-corrected chi connectivity index (χ0v) is 10.2. The minimum absolute atomic E-state index is 0.0815. The average Bonchev–Trinajstić information content (AvgIpc) is 2.39. The Bertz CT molecular complexity index is 685. The van der Waals surface area contributed by atoms with Crippen LogP contribution in [0.1, 0.15) is 0 Å². The summed E-state index contributed by atoms with van der Waals surface area (Å²) >= 11 is 0. The monoisotopic (exact) mass is 280 g/mol. The molecule has 0 amide bonds. The van der Waals surface area contributed by atoms with E-state index in [0.717, 1.165) is 24.3 Å². The molecular formula is C10H8N4O4S. The second-order valence-corrected chi connectivity index (χ2v) is 5.17. The SMILES string of the molecule is O=[N+]([O-])c1ccc(S(=O)(=O)Nc2cncnc2)cc1. The molecule has 0 aliphatic carbocycles. The molecule has 1 heterocycles. The first-order valence-electron chi connectivity index (χ1n) is 5.01. The maximum Gasteiger partial charge on any atom is 0.269 e. The van der Waals surface area contributed by atoms with E-state index in [1.807, 2.05) is 0 Å². The zero-order chi connectivity index (χ0) is 13.9. The Labute approximate surface area is 108 Å². The number of rotatable bonds is 4. The first kappa shape index (κ1) is 12.9. The fraction of sp³-hybridized carbons (Fsp3) is 0. The van der Waals surface area contributed by atoms with Crippen LogP contribution in [0, 0.1) is 10.1 Å². The van der Waals surface area contributed by atoms with Crippen molar-refractivity contribution in [2.24, 2.45) is 0 Å². The van der Waals surface area contributed by atoms with E-state index < -0.39 is 14.9 Å². The molecule has 2 aromatic rings. The topological polar surface area (TPSA) is 115 Å². The third-order valence-electron chi connectivity index (χ3n) is 2.17. The predicted molar refractivity (Wildman–Crippen MR) is 65.9 cm³/mol. The first-order valence-corrected chi connectivity index (χ1v) is 6.50. The first-order chi connectivity index (χ1) is 8.99. The van der Waals surface area contributed by atoms with Gasteiger partial charge < -0.3 is 0 Å². The summed E-state index contributed by atoms with van der Waals surface area (Å²) in [6.45, 7) is 0. The Hall–Kier alpha value is -2.55. The lowest BCUT2D eigenvalue weighted by Gasteiger charge is -2.06. The molecule has 0 saturated heterocycles. The minimum Gasteiger partial charge on any atom is -0.276 e. The lowest BCUT2D eigenvalue weighted by atomic mass is 10.3. The standard InChI is InChI=1S/C10H8N4O4S/c15-14(16)9-1-3-10(4-2-9)19(17,18)13-8-5-11-7-12-6-8/h1-7,13H. The summed E-state index contributed by atoms with van der Waals surface area (Å²) in [7, 11) is -3.81. The van der Waals surface area contributed by atoms with E-state index in [4.69, 9.17) is 0 Å². The van der Waals surface area contributed by atoms with Crippen LogP contribution in [0.15, 0.2) is 47.9 Å². The van der Waals surface area contributed by atoms with Crippen molar-refractivity contribution < 1.29 is 13.3 Å². The van der Waals surface area contributed by atoms with Gasteiger partial charge in [-0.15, -0.1) is 0 Å². The molecule has 1 aromatic heterocycles. The number of nitrogens with one attached hydrogen (secondary N) is 1. The van der Waals surface area contributed by atoms with Crippen LogP contribution in [0.5, 0.6) is 0 Å². The van der Waals surface area contributed by atoms with Crippen LogP contribution in [0.2, 0.25) is 0 Å². The van der Waals surface area contributed by atoms with Gasteiger partial charge in [0.05, 0.1) is 27.9 Å². The molecule has 0 fully saturated rings. The number of non-ortho nitro benzene ring substituents is 1. The van der Waals surface area contributed by atoms with Crippen LogP contribution in [0.3, 0.4) is 0 Å². The van der Waals surface area contributed by atoms with E-state index in [9.17, 15) is 18.5 Å². The van der Waals surface area contributed by atoms with Gasteiger partial charge in [0.15, 0.2) is 0 Å². The van der Waals surface area contributed by atoms with Crippen molar-refractivity contribution in [3.8, 4) is 0 Å². The van der Waals surface area contributed by atoms with Gasteiger partial charge in [-0.1, -0.05) is 0 Å². The summed E-state index contributed by atoms with van der Waals surface area (Å²) in [5.74, 6) is 0. The third-order valence-corrected chi connectivity index (χ3v) is 3.57. The minimum atomic E-state index is -3.81. The number of nitro groups is 1. The van der Waals surface area contributed by atoms with Crippen LogP contribution in [0.25, 0.3) is 0 Å². The zero-order valence-electron chi connectivity index (χ0n) is 9.42. The highest BCUT2D eigenvalue weighted by Crippen LogP contribution is 2.18. The fourth-order valence-electron chi connectivity index (χ4n) is 1.31. The molecule has 98 valence electrons. The second kappa shape index (κ2) is 4.98. The molecule has 2 rings (SSSR count). The number of hydrogen-bond acceptors (Lipinski definition) is 6. The van der Waals surface area contributed by atoms with E-state index in [2.05, 4.69) is 14.7 Å². The molecule has 0 atom stereocenters. The normalized spacial score (nSPS) is 10.9. The molecular weight excluding hydrogens is 272 g/mol.